The fraction of sp³-hybridized carbons (Fsp3) is 0.316. The van der Waals surface area contributed by atoms with Crippen molar-refractivity contribution in [2.75, 3.05) is 19.7 Å². The summed E-state index contributed by atoms with van der Waals surface area (Å²) in [6, 6.07) is 4.62. The molecule has 0 aliphatic carbocycles. The van der Waals surface area contributed by atoms with E-state index in [1.165, 1.54) is 17.7 Å². The molecule has 0 saturated carbocycles. The molecule has 0 saturated heterocycles. The number of rotatable bonds is 10. The van der Waals surface area contributed by atoms with E-state index in [0.29, 0.717) is 21.5 Å². The summed E-state index contributed by atoms with van der Waals surface area (Å²) < 4.78 is 11.6. The summed E-state index contributed by atoms with van der Waals surface area (Å²) in [6.45, 7) is 3.05. The van der Waals surface area contributed by atoms with Gasteiger partial charge in [0.05, 0.1) is 15.0 Å². The molecule has 34 heavy (non-hydrogen) atoms. The minimum Gasteiger partial charge on any atom is -0.484 e. The number of carbonyl (C=O) groups is 2. The molecule has 0 unspecified atom stereocenters. The van der Waals surface area contributed by atoms with Gasteiger partial charge in [-0.25, -0.2) is 0 Å². The zero-order valence-corrected chi connectivity index (χ0v) is 19.5. The van der Waals surface area contributed by atoms with Crippen LogP contribution < -0.4 is 15.4 Å². The molecule has 0 aliphatic rings. The molecule has 2 amide bonds. The summed E-state index contributed by atoms with van der Waals surface area (Å²) in [5.74, 6) is -0.822. The van der Waals surface area contributed by atoms with Gasteiger partial charge < -0.3 is 19.9 Å². The minimum absolute atomic E-state index is 0.00776. The number of benzene rings is 1. The Kier molecular flexibility index (Phi) is 8.02. The molecule has 2 heterocycles. The third-order valence-corrected chi connectivity index (χ3v) is 5.21. The number of nitrogens with one attached hydrogen (secondary N) is 2. The standard InChI is InChI=1S/C19H19Cl2N7O6/c1-10-17(28(31)32)11(2)27(25-10)8-15-24-19(34-26-15)18(30)23-6-5-22-16(29)9-33-12-3-4-13(20)14(21)7-12/h3-4,7H,5-6,8-9H2,1-2H3,(H,22,29)(H,23,30). The number of nitro groups is 1. The number of hydrogen-bond donors (Lipinski definition) is 2. The normalized spacial score (nSPS) is 10.7. The summed E-state index contributed by atoms with van der Waals surface area (Å²) in [6.07, 6.45) is 0. The highest BCUT2D eigenvalue weighted by Crippen LogP contribution is 2.26. The topological polar surface area (TPSA) is 167 Å². The lowest BCUT2D eigenvalue weighted by Crippen LogP contribution is -2.36. The van der Waals surface area contributed by atoms with Crippen LogP contribution in [0.4, 0.5) is 5.69 Å². The van der Waals surface area contributed by atoms with Crippen LogP contribution in [0, 0.1) is 24.0 Å². The first-order chi connectivity index (χ1) is 16.2. The van der Waals surface area contributed by atoms with Crippen LogP contribution >= 0.6 is 23.2 Å². The van der Waals surface area contributed by atoms with Gasteiger partial charge in [0, 0.05) is 19.2 Å². The van der Waals surface area contributed by atoms with Crippen LogP contribution in [0.15, 0.2) is 22.7 Å². The Bertz CT molecular complexity index is 1230. The highest BCUT2D eigenvalue weighted by Gasteiger charge is 2.23. The van der Waals surface area contributed by atoms with Crippen molar-refractivity contribution in [1.82, 2.24) is 30.6 Å². The Morgan fingerprint density at radius 3 is 2.62 bits per heavy atom. The fourth-order valence-electron chi connectivity index (χ4n) is 2.87. The van der Waals surface area contributed by atoms with Gasteiger partial charge in [0.1, 0.15) is 23.7 Å². The van der Waals surface area contributed by atoms with E-state index < -0.39 is 16.7 Å². The Balaban J connectivity index is 1.42. The van der Waals surface area contributed by atoms with E-state index in [0.717, 1.165) is 0 Å². The van der Waals surface area contributed by atoms with Crippen LogP contribution in [0.5, 0.6) is 5.75 Å². The molecule has 0 spiro atoms. The van der Waals surface area contributed by atoms with E-state index in [1.807, 2.05) is 0 Å². The molecule has 1 aromatic carbocycles. The van der Waals surface area contributed by atoms with Crippen molar-refractivity contribution in [2.24, 2.45) is 0 Å². The first-order valence-corrected chi connectivity index (χ1v) is 10.5. The monoisotopic (exact) mass is 511 g/mol. The smallest absolute Gasteiger partial charge is 0.316 e. The maximum absolute atomic E-state index is 12.2. The molecule has 13 nitrogen and oxygen atoms in total. The van der Waals surface area contributed by atoms with Gasteiger partial charge in [0.15, 0.2) is 12.4 Å². The van der Waals surface area contributed by atoms with Crippen LogP contribution in [0.3, 0.4) is 0 Å². The average molecular weight is 512 g/mol. The summed E-state index contributed by atoms with van der Waals surface area (Å²) in [4.78, 5) is 38.6. The molecule has 2 aromatic heterocycles. The van der Waals surface area contributed by atoms with Gasteiger partial charge in [0.25, 0.3) is 5.91 Å². The molecule has 180 valence electrons. The van der Waals surface area contributed by atoms with Gasteiger partial charge in [-0.05, 0) is 26.0 Å². The number of ether oxygens (including phenoxy) is 1. The van der Waals surface area contributed by atoms with Crippen molar-refractivity contribution in [3.8, 4) is 5.75 Å². The molecular formula is C19H19Cl2N7O6. The lowest BCUT2D eigenvalue weighted by Gasteiger charge is -2.08. The number of aryl methyl sites for hydroxylation is 1. The quantitative estimate of drug-likeness (QED) is 0.235. The first-order valence-electron chi connectivity index (χ1n) is 9.79. The predicted octanol–water partition coefficient (Wildman–Crippen LogP) is 2.07. The molecular weight excluding hydrogens is 493 g/mol. The van der Waals surface area contributed by atoms with Crippen molar-refractivity contribution in [3.63, 3.8) is 0 Å². The molecule has 0 fully saturated rings. The SMILES string of the molecule is Cc1nn(Cc2noc(C(=O)NCCNC(=O)COc3ccc(Cl)c(Cl)c3)n2)c(C)c1[N+](=O)[O-]. The summed E-state index contributed by atoms with van der Waals surface area (Å²) in [7, 11) is 0. The Morgan fingerprint density at radius 2 is 1.94 bits per heavy atom. The highest BCUT2D eigenvalue weighted by molar-refractivity contribution is 6.42. The number of hydrogen-bond acceptors (Lipinski definition) is 9. The predicted molar refractivity (Wildman–Crippen MR) is 119 cm³/mol. The van der Waals surface area contributed by atoms with Gasteiger partial charge in [-0.3, -0.25) is 24.4 Å². The Morgan fingerprint density at radius 1 is 1.21 bits per heavy atom. The second kappa shape index (κ2) is 10.9. The van der Waals surface area contributed by atoms with Crippen LogP contribution in [0.1, 0.15) is 27.9 Å². The molecule has 15 heteroatoms. The van der Waals surface area contributed by atoms with Crippen molar-refractivity contribution in [2.45, 2.75) is 20.4 Å². The third kappa shape index (κ3) is 6.20. The Hall–Kier alpha value is -3.71. The molecule has 0 bridgehead atoms. The van der Waals surface area contributed by atoms with E-state index in [-0.39, 0.29) is 49.3 Å². The van der Waals surface area contributed by atoms with Gasteiger partial charge >= 0.3 is 17.5 Å². The maximum atomic E-state index is 12.2. The number of nitrogens with zero attached hydrogens (tertiary/aromatic N) is 5. The van der Waals surface area contributed by atoms with E-state index in [4.69, 9.17) is 32.5 Å². The fourth-order valence-corrected chi connectivity index (χ4v) is 3.16. The second-order valence-corrected chi connectivity index (χ2v) is 7.73. The minimum atomic E-state index is -0.639. The van der Waals surface area contributed by atoms with Gasteiger partial charge in [0.2, 0.25) is 0 Å². The summed E-state index contributed by atoms with van der Waals surface area (Å²) in [5, 5.41) is 24.7. The average Bonchev–Trinajstić information content (AvgIpc) is 3.36. The molecule has 0 aliphatic heterocycles. The first kappa shape index (κ1) is 24.9. The maximum Gasteiger partial charge on any atom is 0.316 e. The van der Waals surface area contributed by atoms with E-state index in [1.54, 1.807) is 19.1 Å². The second-order valence-electron chi connectivity index (χ2n) is 6.92. The van der Waals surface area contributed by atoms with Crippen molar-refractivity contribution >= 4 is 40.7 Å². The number of aromatic nitrogens is 4. The van der Waals surface area contributed by atoms with Crippen LogP contribution in [-0.2, 0) is 11.3 Å². The van der Waals surface area contributed by atoms with Crippen LogP contribution in [-0.4, -0.2) is 56.4 Å². The zero-order valence-electron chi connectivity index (χ0n) is 18.0. The van der Waals surface area contributed by atoms with Crippen molar-refractivity contribution in [1.29, 1.82) is 0 Å². The zero-order chi connectivity index (χ0) is 24.8. The molecule has 3 aromatic rings. The summed E-state index contributed by atoms with van der Waals surface area (Å²) in [5.41, 5.74) is 0.497. The van der Waals surface area contributed by atoms with Gasteiger partial charge in [-0.15, -0.1) is 0 Å². The third-order valence-electron chi connectivity index (χ3n) is 4.47. The van der Waals surface area contributed by atoms with E-state index in [9.17, 15) is 19.7 Å². The largest absolute Gasteiger partial charge is 0.484 e. The molecule has 0 atom stereocenters. The van der Waals surface area contributed by atoms with Crippen molar-refractivity contribution in [3.05, 3.63) is 61.5 Å². The van der Waals surface area contributed by atoms with Crippen molar-refractivity contribution < 1.29 is 23.8 Å². The molecule has 3 rings (SSSR count). The van der Waals surface area contributed by atoms with E-state index >= 15 is 0 Å². The van der Waals surface area contributed by atoms with E-state index in [2.05, 4.69) is 25.9 Å². The summed E-state index contributed by atoms with van der Waals surface area (Å²) >= 11 is 11.7. The highest BCUT2D eigenvalue weighted by atomic mass is 35.5. The molecule has 0 radical (unpaired) electrons. The van der Waals surface area contributed by atoms with Gasteiger partial charge in [-0.1, -0.05) is 28.4 Å². The Labute approximate surface area is 202 Å². The number of amides is 2. The van der Waals surface area contributed by atoms with Gasteiger partial charge in [-0.2, -0.15) is 10.1 Å². The van der Waals surface area contributed by atoms with Crippen LogP contribution in [0.2, 0.25) is 10.0 Å². The number of carbonyl (C=O) groups excluding carboxylic acids is 2. The lowest BCUT2D eigenvalue weighted by atomic mass is 10.3. The lowest BCUT2D eigenvalue weighted by molar-refractivity contribution is -0.386. The number of halogens is 2. The van der Waals surface area contributed by atoms with Crippen LogP contribution in [0.25, 0.3) is 0 Å². The molecule has 2 N–H and O–H groups in total.